The highest BCUT2D eigenvalue weighted by Gasteiger charge is 2.00. The minimum Gasteiger partial charge on any atom is -0.316 e. The predicted molar refractivity (Wildman–Crippen MR) is 52.5 cm³/mol. The largest absolute Gasteiger partial charge is 0.316 e. The van der Waals surface area contributed by atoms with E-state index in [2.05, 4.69) is 17.3 Å². The molecule has 1 unspecified atom stereocenters. The van der Waals surface area contributed by atoms with Crippen LogP contribution in [0.15, 0.2) is 17.3 Å². The minimum absolute atomic E-state index is 0.551. The molecule has 1 aromatic heterocycles. The van der Waals surface area contributed by atoms with Gasteiger partial charge in [0.1, 0.15) is 0 Å². The molecule has 0 aromatic carbocycles. The third-order valence-electron chi connectivity index (χ3n) is 1.67. The van der Waals surface area contributed by atoms with Gasteiger partial charge in [0.2, 0.25) is 0 Å². The van der Waals surface area contributed by atoms with Gasteiger partial charge >= 0.3 is 0 Å². The predicted octanol–water partition coefficient (Wildman–Crippen LogP) is 1.12. The molecule has 1 atom stereocenters. The van der Waals surface area contributed by atoms with Crippen molar-refractivity contribution < 1.29 is 0 Å². The first-order valence-electron chi connectivity index (χ1n) is 4.01. The topological polar surface area (TPSA) is 29.9 Å². The van der Waals surface area contributed by atoms with Crippen molar-refractivity contribution >= 4 is 11.8 Å². The second-order valence-corrected chi connectivity index (χ2v) is 3.94. The number of thioether (sulfide) groups is 1. The van der Waals surface area contributed by atoms with Gasteiger partial charge in [-0.1, -0.05) is 0 Å². The van der Waals surface area contributed by atoms with Crippen LogP contribution >= 0.6 is 11.8 Å². The molecular weight excluding hydrogens is 170 g/mol. The van der Waals surface area contributed by atoms with E-state index in [0.717, 1.165) is 5.75 Å². The van der Waals surface area contributed by atoms with Crippen molar-refractivity contribution in [2.24, 2.45) is 7.05 Å². The molecular formula is C8H15N3S. The molecule has 4 heteroatoms. The molecule has 1 rings (SSSR count). The molecule has 3 nitrogen and oxygen atoms in total. The van der Waals surface area contributed by atoms with Crippen molar-refractivity contribution in [3.63, 3.8) is 0 Å². The van der Waals surface area contributed by atoms with Crippen LogP contribution in [0.25, 0.3) is 0 Å². The van der Waals surface area contributed by atoms with Crippen LogP contribution in [0.4, 0.5) is 0 Å². The van der Waals surface area contributed by atoms with Crippen LogP contribution in [-0.4, -0.2) is 28.6 Å². The van der Waals surface area contributed by atoms with Gasteiger partial charge in [0, 0.05) is 29.9 Å². The van der Waals surface area contributed by atoms with Gasteiger partial charge in [-0.2, -0.15) is 5.10 Å². The van der Waals surface area contributed by atoms with E-state index in [4.69, 9.17) is 0 Å². The fraction of sp³-hybridized carbons (Fsp3) is 0.625. The number of aryl methyl sites for hydroxylation is 1. The van der Waals surface area contributed by atoms with Crippen molar-refractivity contribution in [3.05, 3.63) is 12.4 Å². The SMILES string of the molecule is CNC(C)CSc1cnn(C)c1. The maximum Gasteiger partial charge on any atom is 0.0625 e. The molecule has 12 heavy (non-hydrogen) atoms. The van der Waals surface area contributed by atoms with Crippen LogP contribution in [0.5, 0.6) is 0 Å². The van der Waals surface area contributed by atoms with Crippen molar-refractivity contribution in [3.8, 4) is 0 Å². The van der Waals surface area contributed by atoms with Gasteiger partial charge < -0.3 is 5.32 Å². The zero-order chi connectivity index (χ0) is 8.97. The van der Waals surface area contributed by atoms with Crippen LogP contribution in [0, 0.1) is 0 Å². The van der Waals surface area contributed by atoms with Gasteiger partial charge in [0.05, 0.1) is 6.20 Å². The first kappa shape index (κ1) is 9.61. The Labute approximate surface area is 77.5 Å². The monoisotopic (exact) mass is 185 g/mol. The van der Waals surface area contributed by atoms with E-state index in [1.807, 2.05) is 42.9 Å². The second-order valence-electron chi connectivity index (χ2n) is 2.85. The highest BCUT2D eigenvalue weighted by molar-refractivity contribution is 7.99. The lowest BCUT2D eigenvalue weighted by molar-refractivity contribution is 0.677. The summed E-state index contributed by atoms with van der Waals surface area (Å²) in [5.41, 5.74) is 0. The lowest BCUT2D eigenvalue weighted by Crippen LogP contribution is -2.23. The summed E-state index contributed by atoms with van der Waals surface area (Å²) in [6.45, 7) is 2.17. The molecule has 0 bridgehead atoms. The summed E-state index contributed by atoms with van der Waals surface area (Å²) < 4.78 is 1.83. The van der Waals surface area contributed by atoms with Crippen molar-refractivity contribution in [2.45, 2.75) is 17.9 Å². The molecule has 1 heterocycles. The van der Waals surface area contributed by atoms with Gasteiger partial charge in [0.15, 0.2) is 0 Å². The summed E-state index contributed by atoms with van der Waals surface area (Å²) in [7, 11) is 3.92. The molecule has 0 radical (unpaired) electrons. The summed E-state index contributed by atoms with van der Waals surface area (Å²) >= 11 is 1.83. The van der Waals surface area contributed by atoms with Gasteiger partial charge in [0.25, 0.3) is 0 Å². The molecule has 1 N–H and O–H groups in total. The van der Waals surface area contributed by atoms with Crippen LogP contribution in [0.3, 0.4) is 0 Å². The molecule has 0 saturated carbocycles. The normalized spacial score (nSPS) is 13.2. The smallest absolute Gasteiger partial charge is 0.0625 e. The Morgan fingerprint density at radius 1 is 1.75 bits per heavy atom. The summed E-state index contributed by atoms with van der Waals surface area (Å²) in [6.07, 6.45) is 3.93. The van der Waals surface area contributed by atoms with Crippen molar-refractivity contribution in [2.75, 3.05) is 12.8 Å². The van der Waals surface area contributed by atoms with Gasteiger partial charge in [-0.3, -0.25) is 4.68 Å². The number of hydrogen-bond acceptors (Lipinski definition) is 3. The summed E-state index contributed by atoms with van der Waals surface area (Å²) in [5, 5.41) is 7.29. The van der Waals surface area contributed by atoms with E-state index in [0.29, 0.717) is 6.04 Å². The quantitative estimate of drug-likeness (QED) is 0.713. The molecule has 68 valence electrons. The Hall–Kier alpha value is -0.480. The first-order chi connectivity index (χ1) is 5.72. The lowest BCUT2D eigenvalue weighted by Gasteiger charge is -2.07. The Morgan fingerprint density at radius 3 is 3.00 bits per heavy atom. The molecule has 0 fully saturated rings. The summed E-state index contributed by atoms with van der Waals surface area (Å²) in [5.74, 6) is 1.09. The maximum absolute atomic E-state index is 4.10. The molecule has 0 saturated heterocycles. The average Bonchev–Trinajstić information content (AvgIpc) is 2.47. The molecule has 0 amide bonds. The lowest BCUT2D eigenvalue weighted by atomic mass is 10.4. The Balaban J connectivity index is 2.33. The highest BCUT2D eigenvalue weighted by Crippen LogP contribution is 2.16. The van der Waals surface area contributed by atoms with E-state index in [1.54, 1.807) is 0 Å². The van der Waals surface area contributed by atoms with Crippen molar-refractivity contribution in [1.82, 2.24) is 15.1 Å². The summed E-state index contributed by atoms with van der Waals surface area (Å²) in [4.78, 5) is 1.24. The van der Waals surface area contributed by atoms with Gasteiger partial charge in [-0.15, -0.1) is 11.8 Å². The molecule has 1 aromatic rings. The number of nitrogens with one attached hydrogen (secondary N) is 1. The fourth-order valence-corrected chi connectivity index (χ4v) is 1.74. The Bertz CT molecular complexity index is 234. The minimum atomic E-state index is 0.551. The highest BCUT2D eigenvalue weighted by atomic mass is 32.2. The van der Waals surface area contributed by atoms with E-state index in [1.165, 1.54) is 4.90 Å². The van der Waals surface area contributed by atoms with E-state index in [-0.39, 0.29) is 0 Å². The Kier molecular flexibility index (Phi) is 3.62. The van der Waals surface area contributed by atoms with Gasteiger partial charge in [-0.05, 0) is 14.0 Å². The molecule has 0 aliphatic heterocycles. The average molecular weight is 185 g/mol. The number of hydrogen-bond donors (Lipinski definition) is 1. The zero-order valence-electron chi connectivity index (χ0n) is 7.74. The Morgan fingerprint density at radius 2 is 2.50 bits per heavy atom. The van der Waals surface area contributed by atoms with Crippen LogP contribution < -0.4 is 5.32 Å². The number of rotatable bonds is 4. The van der Waals surface area contributed by atoms with Crippen LogP contribution in [0.1, 0.15) is 6.92 Å². The molecule has 0 aliphatic carbocycles. The van der Waals surface area contributed by atoms with Gasteiger partial charge in [-0.25, -0.2) is 0 Å². The molecule has 0 aliphatic rings. The third kappa shape index (κ3) is 2.87. The maximum atomic E-state index is 4.10. The standard InChI is InChI=1S/C8H15N3S/c1-7(9-2)6-12-8-4-10-11(3)5-8/h4-5,7,9H,6H2,1-3H3. The van der Waals surface area contributed by atoms with Crippen molar-refractivity contribution in [1.29, 1.82) is 0 Å². The van der Waals surface area contributed by atoms with E-state index in [9.17, 15) is 0 Å². The van der Waals surface area contributed by atoms with E-state index < -0.39 is 0 Å². The van der Waals surface area contributed by atoms with Crippen LogP contribution in [-0.2, 0) is 7.05 Å². The second kappa shape index (κ2) is 4.52. The summed E-state index contributed by atoms with van der Waals surface area (Å²) in [6, 6.07) is 0.551. The fourth-order valence-electron chi connectivity index (χ4n) is 0.778. The van der Waals surface area contributed by atoms with Crippen LogP contribution in [0.2, 0.25) is 0 Å². The molecule has 0 spiro atoms. The zero-order valence-corrected chi connectivity index (χ0v) is 8.56. The number of aromatic nitrogens is 2. The number of nitrogens with zero attached hydrogens (tertiary/aromatic N) is 2. The first-order valence-corrected chi connectivity index (χ1v) is 4.99. The van der Waals surface area contributed by atoms with E-state index >= 15 is 0 Å². The third-order valence-corrected chi connectivity index (χ3v) is 2.88.